The smallest absolute Gasteiger partial charge is 0.0726 e. The van der Waals surface area contributed by atoms with Crippen molar-refractivity contribution in [3.05, 3.63) is 130 Å². The maximum atomic E-state index is 2.53. The quantitative estimate of drug-likeness (QED) is 0.181. The van der Waals surface area contributed by atoms with E-state index in [1.54, 1.807) is 0 Å². The summed E-state index contributed by atoms with van der Waals surface area (Å²) in [6.45, 7) is 14.0. The van der Waals surface area contributed by atoms with Crippen LogP contribution >= 0.6 is 11.3 Å². The SMILES string of the molecule is CC(C)(C)c1ccc2c(c1)C1(c3cc(C(C)(C)C)ccc3-2)c2ccccc2-c2c1ccc1c2sc2ccccc21. The standard InChI is InChI=1S/C39H34S/c1-37(2,3)23-15-17-25-26-18-16-24(38(4,5)6)22-33(26)39(32(25)21-23)30-13-9-7-12-29(30)35-31(39)20-19-28-27-11-8-10-14-34(27)40-36(28)35/h7-22H,1-6H3. The van der Waals surface area contributed by atoms with E-state index in [1.165, 1.54) is 75.8 Å². The molecule has 0 fully saturated rings. The molecule has 0 atom stereocenters. The average molecular weight is 535 g/mol. The highest BCUT2D eigenvalue weighted by atomic mass is 32.1. The van der Waals surface area contributed by atoms with Gasteiger partial charge in [-0.15, -0.1) is 11.3 Å². The van der Waals surface area contributed by atoms with Gasteiger partial charge in [0.05, 0.1) is 5.41 Å². The van der Waals surface area contributed by atoms with Crippen molar-refractivity contribution in [2.45, 2.75) is 57.8 Å². The lowest BCUT2D eigenvalue weighted by Gasteiger charge is -2.32. The van der Waals surface area contributed by atoms with Gasteiger partial charge in [-0.2, -0.15) is 0 Å². The molecule has 40 heavy (non-hydrogen) atoms. The Balaban J connectivity index is 1.58. The fourth-order valence-corrected chi connectivity index (χ4v) is 8.64. The molecule has 1 spiro atoms. The lowest BCUT2D eigenvalue weighted by Crippen LogP contribution is -2.27. The van der Waals surface area contributed by atoms with Crippen LogP contribution in [0.5, 0.6) is 0 Å². The Labute approximate surface area is 241 Å². The first-order valence-electron chi connectivity index (χ1n) is 14.4. The third-order valence-corrected chi connectivity index (χ3v) is 10.6. The molecular weight excluding hydrogens is 500 g/mol. The van der Waals surface area contributed by atoms with Gasteiger partial charge in [0, 0.05) is 25.7 Å². The van der Waals surface area contributed by atoms with Crippen molar-refractivity contribution in [3.63, 3.8) is 0 Å². The van der Waals surface area contributed by atoms with E-state index < -0.39 is 0 Å². The number of hydrogen-bond acceptors (Lipinski definition) is 1. The van der Waals surface area contributed by atoms with Crippen molar-refractivity contribution >= 4 is 31.5 Å². The average Bonchev–Trinajstić information content (AvgIpc) is 3.55. The van der Waals surface area contributed by atoms with Crippen molar-refractivity contribution in [1.29, 1.82) is 0 Å². The van der Waals surface area contributed by atoms with Crippen LogP contribution in [0.1, 0.15) is 74.9 Å². The monoisotopic (exact) mass is 534 g/mol. The number of fused-ring (bicyclic) bond motifs is 14. The first-order valence-corrected chi connectivity index (χ1v) is 15.3. The first kappa shape index (κ1) is 24.1. The molecule has 0 radical (unpaired) electrons. The lowest BCUT2D eigenvalue weighted by molar-refractivity contribution is 0.586. The van der Waals surface area contributed by atoms with Crippen LogP contribution in [0.3, 0.4) is 0 Å². The molecule has 2 aliphatic rings. The zero-order chi connectivity index (χ0) is 27.6. The van der Waals surface area contributed by atoms with Gasteiger partial charge >= 0.3 is 0 Å². The molecule has 1 heteroatoms. The third-order valence-electron chi connectivity index (χ3n) is 9.42. The minimum absolute atomic E-state index is 0.0674. The van der Waals surface area contributed by atoms with Gasteiger partial charge in [0.1, 0.15) is 0 Å². The second kappa shape index (κ2) is 7.74. The van der Waals surface area contributed by atoms with Gasteiger partial charge in [-0.05, 0) is 67.0 Å². The Morgan fingerprint density at radius 3 is 1.75 bits per heavy atom. The molecule has 1 aromatic heterocycles. The number of hydrogen-bond donors (Lipinski definition) is 0. The topological polar surface area (TPSA) is 0 Å². The van der Waals surface area contributed by atoms with Crippen LogP contribution in [-0.4, -0.2) is 0 Å². The summed E-state index contributed by atoms with van der Waals surface area (Å²) in [7, 11) is 0. The van der Waals surface area contributed by atoms with E-state index in [4.69, 9.17) is 0 Å². The molecule has 0 nitrogen and oxygen atoms in total. The second-order valence-corrected chi connectivity index (χ2v) is 14.8. The summed E-state index contributed by atoms with van der Waals surface area (Å²) in [4.78, 5) is 0. The molecule has 0 bridgehead atoms. The van der Waals surface area contributed by atoms with Crippen molar-refractivity contribution in [2.75, 3.05) is 0 Å². The Morgan fingerprint density at radius 2 is 1.10 bits per heavy atom. The Bertz CT molecular complexity index is 1960. The van der Waals surface area contributed by atoms with E-state index in [-0.39, 0.29) is 16.2 Å². The molecular formula is C39H34S. The second-order valence-electron chi connectivity index (χ2n) is 13.8. The Morgan fingerprint density at radius 1 is 0.500 bits per heavy atom. The van der Waals surface area contributed by atoms with Crippen LogP contribution in [0.2, 0.25) is 0 Å². The number of rotatable bonds is 0. The maximum Gasteiger partial charge on any atom is 0.0726 e. The molecule has 0 saturated carbocycles. The van der Waals surface area contributed by atoms with Crippen molar-refractivity contribution < 1.29 is 0 Å². The van der Waals surface area contributed by atoms with Crippen LogP contribution in [0.25, 0.3) is 42.4 Å². The molecule has 0 aliphatic heterocycles. The van der Waals surface area contributed by atoms with Crippen LogP contribution in [0.15, 0.2) is 97.1 Å². The normalized spacial score (nSPS) is 14.9. The van der Waals surface area contributed by atoms with Crippen LogP contribution in [0.4, 0.5) is 0 Å². The van der Waals surface area contributed by atoms with Crippen LogP contribution < -0.4 is 0 Å². The minimum atomic E-state index is -0.330. The summed E-state index contributed by atoms with van der Waals surface area (Å²) in [5.74, 6) is 0. The van der Waals surface area contributed by atoms with Gasteiger partial charge in [0.2, 0.25) is 0 Å². The molecule has 8 rings (SSSR count). The van der Waals surface area contributed by atoms with Gasteiger partial charge in [0.25, 0.3) is 0 Å². The van der Waals surface area contributed by atoms with Gasteiger partial charge < -0.3 is 0 Å². The summed E-state index contributed by atoms with van der Waals surface area (Å²) in [5.41, 5.74) is 13.9. The van der Waals surface area contributed by atoms with E-state index in [9.17, 15) is 0 Å². The van der Waals surface area contributed by atoms with E-state index in [2.05, 4.69) is 139 Å². The van der Waals surface area contributed by atoms with Crippen LogP contribution in [-0.2, 0) is 16.2 Å². The summed E-state index contributed by atoms with van der Waals surface area (Å²) in [6.07, 6.45) is 0. The third kappa shape index (κ3) is 2.97. The molecule has 0 N–H and O–H groups in total. The number of benzene rings is 5. The molecule has 0 unspecified atom stereocenters. The summed E-state index contributed by atoms with van der Waals surface area (Å²) >= 11 is 1.95. The lowest BCUT2D eigenvalue weighted by atomic mass is 9.69. The highest BCUT2D eigenvalue weighted by Crippen LogP contribution is 2.65. The fourth-order valence-electron chi connectivity index (χ4n) is 7.38. The Kier molecular flexibility index (Phi) is 4.67. The van der Waals surface area contributed by atoms with Crippen molar-refractivity contribution in [3.8, 4) is 22.3 Å². The van der Waals surface area contributed by atoms with E-state index in [0.29, 0.717) is 0 Å². The van der Waals surface area contributed by atoms with Crippen molar-refractivity contribution in [2.24, 2.45) is 0 Å². The minimum Gasteiger partial charge on any atom is -0.135 e. The predicted molar refractivity (Wildman–Crippen MR) is 173 cm³/mol. The van der Waals surface area contributed by atoms with E-state index in [1.807, 2.05) is 11.3 Å². The van der Waals surface area contributed by atoms with E-state index in [0.717, 1.165) is 0 Å². The zero-order valence-electron chi connectivity index (χ0n) is 24.1. The van der Waals surface area contributed by atoms with Gasteiger partial charge in [-0.3, -0.25) is 0 Å². The highest BCUT2D eigenvalue weighted by Gasteiger charge is 2.52. The largest absolute Gasteiger partial charge is 0.135 e. The first-order chi connectivity index (χ1) is 19.1. The Hall–Kier alpha value is -3.68. The summed E-state index contributed by atoms with van der Waals surface area (Å²) < 4.78 is 2.78. The molecule has 0 amide bonds. The number of thiophene rings is 1. The molecule has 196 valence electrons. The maximum absolute atomic E-state index is 2.53. The van der Waals surface area contributed by atoms with Gasteiger partial charge in [-0.1, -0.05) is 133 Å². The van der Waals surface area contributed by atoms with Crippen LogP contribution in [0, 0.1) is 0 Å². The summed E-state index contributed by atoms with van der Waals surface area (Å²) in [5, 5.41) is 2.73. The van der Waals surface area contributed by atoms with Crippen molar-refractivity contribution in [1.82, 2.24) is 0 Å². The van der Waals surface area contributed by atoms with E-state index >= 15 is 0 Å². The summed E-state index contributed by atoms with van der Waals surface area (Å²) in [6, 6.07) is 37.6. The molecule has 1 heterocycles. The van der Waals surface area contributed by atoms with Gasteiger partial charge in [0.15, 0.2) is 0 Å². The predicted octanol–water partition coefficient (Wildman–Crippen LogP) is 11.0. The molecule has 6 aromatic rings. The van der Waals surface area contributed by atoms with Gasteiger partial charge in [-0.25, -0.2) is 0 Å². The fraction of sp³-hybridized carbons (Fsp3) is 0.231. The zero-order valence-corrected chi connectivity index (χ0v) is 25.0. The molecule has 2 aliphatic carbocycles. The molecule has 5 aromatic carbocycles. The molecule has 0 saturated heterocycles. The highest BCUT2D eigenvalue weighted by molar-refractivity contribution is 7.26.